The smallest absolute Gasteiger partial charge is 0.415 e. The standard InChI is InChI=1S/C29H40N4O7S/c1-21-7-13-24(14-8-21)41(37,38)32(6)20-26(34)30-25(27(35)40-29(2,3)4)19-22-9-11-23(12-10-22)39-28(36)33-17-15-31(5)16-18-33/h7-14,25H,15-20H2,1-6H3,(H,30,34)/t25-/m0/s1. The number of hydrogen-bond acceptors (Lipinski definition) is 8. The second-order valence-electron chi connectivity index (χ2n) is 11.2. The molecule has 11 nitrogen and oxygen atoms in total. The van der Waals surface area contributed by atoms with Gasteiger partial charge in [0.05, 0.1) is 11.4 Å². The van der Waals surface area contributed by atoms with E-state index in [2.05, 4.69) is 10.2 Å². The Morgan fingerprint density at radius 2 is 1.56 bits per heavy atom. The lowest BCUT2D eigenvalue weighted by atomic mass is 10.1. The number of aryl methyl sites for hydroxylation is 1. The molecule has 0 aliphatic carbocycles. The Morgan fingerprint density at radius 1 is 0.976 bits per heavy atom. The largest absolute Gasteiger partial charge is 0.458 e. The van der Waals surface area contributed by atoms with Crippen molar-refractivity contribution in [2.45, 2.75) is 50.7 Å². The van der Waals surface area contributed by atoms with E-state index < -0.39 is 46.2 Å². The third kappa shape index (κ3) is 9.55. The normalized spacial score (nSPS) is 15.3. The molecule has 1 fully saturated rings. The van der Waals surface area contributed by atoms with Gasteiger partial charge in [0.25, 0.3) is 0 Å². The molecule has 0 radical (unpaired) electrons. The van der Waals surface area contributed by atoms with Crippen LogP contribution in [0.3, 0.4) is 0 Å². The van der Waals surface area contributed by atoms with Crippen molar-refractivity contribution in [3.05, 3.63) is 59.7 Å². The number of carbonyl (C=O) groups is 3. The van der Waals surface area contributed by atoms with Crippen LogP contribution in [0.1, 0.15) is 31.9 Å². The average Bonchev–Trinajstić information content (AvgIpc) is 2.89. The van der Waals surface area contributed by atoms with Crippen LogP contribution < -0.4 is 10.1 Å². The lowest BCUT2D eigenvalue weighted by Crippen LogP contribution is -2.48. The van der Waals surface area contributed by atoms with Gasteiger partial charge in [0.15, 0.2) is 0 Å². The molecule has 1 saturated heterocycles. The van der Waals surface area contributed by atoms with Gasteiger partial charge in [0.2, 0.25) is 15.9 Å². The highest BCUT2D eigenvalue weighted by molar-refractivity contribution is 7.89. The first kappa shape index (κ1) is 32.0. The van der Waals surface area contributed by atoms with Crippen LogP contribution in [0, 0.1) is 6.92 Å². The number of nitrogens with one attached hydrogen (secondary N) is 1. The molecule has 0 unspecified atom stereocenters. The predicted molar refractivity (Wildman–Crippen MR) is 154 cm³/mol. The summed E-state index contributed by atoms with van der Waals surface area (Å²) in [6.45, 7) is 9.24. The van der Waals surface area contributed by atoms with Crippen molar-refractivity contribution < 1.29 is 32.3 Å². The first-order chi connectivity index (χ1) is 19.1. The van der Waals surface area contributed by atoms with E-state index in [0.717, 1.165) is 23.0 Å². The summed E-state index contributed by atoms with van der Waals surface area (Å²) in [4.78, 5) is 42.2. The lowest BCUT2D eigenvalue weighted by Gasteiger charge is -2.31. The van der Waals surface area contributed by atoms with Gasteiger partial charge >= 0.3 is 12.1 Å². The van der Waals surface area contributed by atoms with Crippen LogP contribution in [-0.2, 0) is 30.8 Å². The van der Waals surface area contributed by atoms with Gasteiger partial charge in [-0.15, -0.1) is 0 Å². The van der Waals surface area contributed by atoms with Gasteiger partial charge in [-0.3, -0.25) is 4.79 Å². The van der Waals surface area contributed by atoms with E-state index in [9.17, 15) is 22.8 Å². The summed E-state index contributed by atoms with van der Waals surface area (Å²) in [5.74, 6) is -0.948. The zero-order valence-corrected chi connectivity index (χ0v) is 25.4. The number of benzene rings is 2. The number of hydrogen-bond donors (Lipinski definition) is 1. The molecule has 41 heavy (non-hydrogen) atoms. The molecule has 1 aliphatic rings. The van der Waals surface area contributed by atoms with Crippen LogP contribution in [0.4, 0.5) is 4.79 Å². The van der Waals surface area contributed by atoms with Crippen molar-refractivity contribution in [3.8, 4) is 5.75 Å². The first-order valence-corrected chi connectivity index (χ1v) is 14.9. The van der Waals surface area contributed by atoms with E-state index >= 15 is 0 Å². The van der Waals surface area contributed by atoms with Crippen LogP contribution in [0.25, 0.3) is 0 Å². The second-order valence-corrected chi connectivity index (χ2v) is 13.3. The van der Waals surface area contributed by atoms with Gasteiger partial charge in [0, 0.05) is 39.6 Å². The summed E-state index contributed by atoms with van der Waals surface area (Å²) in [5, 5.41) is 2.63. The van der Waals surface area contributed by atoms with Crippen molar-refractivity contribution in [2.24, 2.45) is 0 Å². The van der Waals surface area contributed by atoms with Gasteiger partial charge < -0.3 is 24.6 Å². The summed E-state index contributed by atoms with van der Waals surface area (Å²) in [6, 6.07) is 11.9. The maximum atomic E-state index is 13.0. The topological polar surface area (TPSA) is 126 Å². The summed E-state index contributed by atoms with van der Waals surface area (Å²) in [7, 11) is -0.606. The number of likely N-dealkylation sites (N-methyl/N-ethyl adjacent to an activating group) is 2. The number of sulfonamides is 1. The van der Waals surface area contributed by atoms with Crippen LogP contribution in [0.2, 0.25) is 0 Å². The fraction of sp³-hybridized carbons (Fsp3) is 0.483. The molecule has 3 rings (SSSR count). The van der Waals surface area contributed by atoms with Crippen LogP contribution in [0.15, 0.2) is 53.4 Å². The van der Waals surface area contributed by atoms with Gasteiger partial charge in [-0.05, 0) is 64.6 Å². The molecule has 12 heteroatoms. The Bertz CT molecular complexity index is 1310. The Balaban J connectivity index is 1.66. The number of rotatable bonds is 9. The Kier molecular flexibility index (Phi) is 10.5. The highest BCUT2D eigenvalue weighted by Crippen LogP contribution is 2.18. The summed E-state index contributed by atoms with van der Waals surface area (Å²) in [6.07, 6.45) is -0.337. The minimum absolute atomic E-state index is 0.0653. The maximum Gasteiger partial charge on any atom is 0.415 e. The van der Waals surface area contributed by atoms with E-state index in [-0.39, 0.29) is 11.3 Å². The molecule has 1 aliphatic heterocycles. The molecule has 0 aromatic heterocycles. The third-order valence-electron chi connectivity index (χ3n) is 6.45. The Morgan fingerprint density at radius 3 is 2.12 bits per heavy atom. The van der Waals surface area contributed by atoms with Crippen LogP contribution >= 0.6 is 0 Å². The molecule has 1 atom stereocenters. The minimum Gasteiger partial charge on any atom is -0.458 e. The second kappa shape index (κ2) is 13.5. The highest BCUT2D eigenvalue weighted by Gasteiger charge is 2.29. The first-order valence-electron chi connectivity index (χ1n) is 13.4. The fourth-order valence-corrected chi connectivity index (χ4v) is 5.19. The van der Waals surface area contributed by atoms with Gasteiger partial charge in [-0.1, -0.05) is 29.8 Å². The predicted octanol–water partition coefficient (Wildman–Crippen LogP) is 2.43. The van der Waals surface area contributed by atoms with Crippen molar-refractivity contribution >= 4 is 28.0 Å². The van der Waals surface area contributed by atoms with Crippen LogP contribution in [0.5, 0.6) is 5.75 Å². The fourth-order valence-electron chi connectivity index (χ4n) is 4.07. The van der Waals surface area contributed by atoms with Crippen molar-refractivity contribution in [1.82, 2.24) is 19.4 Å². The molecule has 1 heterocycles. The molecule has 2 amide bonds. The van der Waals surface area contributed by atoms with Crippen molar-refractivity contribution in [1.29, 1.82) is 0 Å². The van der Waals surface area contributed by atoms with Crippen molar-refractivity contribution in [3.63, 3.8) is 0 Å². The monoisotopic (exact) mass is 588 g/mol. The van der Waals surface area contributed by atoms with E-state index in [1.54, 1.807) is 62.1 Å². The summed E-state index contributed by atoms with van der Waals surface area (Å²) >= 11 is 0. The molecule has 0 spiro atoms. The minimum atomic E-state index is -3.91. The van der Waals surface area contributed by atoms with E-state index in [0.29, 0.717) is 24.4 Å². The van der Waals surface area contributed by atoms with Gasteiger partial charge in [-0.25, -0.2) is 18.0 Å². The average molecular weight is 589 g/mol. The molecular weight excluding hydrogens is 548 g/mol. The van der Waals surface area contributed by atoms with E-state index in [4.69, 9.17) is 9.47 Å². The molecular formula is C29H40N4O7S. The zero-order chi connectivity index (χ0) is 30.4. The van der Waals surface area contributed by atoms with Crippen molar-refractivity contribution in [2.75, 3.05) is 46.8 Å². The molecule has 2 aromatic rings. The SMILES string of the molecule is Cc1ccc(S(=O)(=O)N(C)CC(=O)N[C@@H](Cc2ccc(OC(=O)N3CCN(C)CC3)cc2)C(=O)OC(C)(C)C)cc1. The molecule has 0 bridgehead atoms. The van der Waals surface area contributed by atoms with E-state index in [1.165, 1.54) is 19.2 Å². The highest BCUT2D eigenvalue weighted by atomic mass is 32.2. The lowest BCUT2D eigenvalue weighted by molar-refractivity contribution is -0.158. The van der Waals surface area contributed by atoms with E-state index in [1.807, 2.05) is 14.0 Å². The summed E-state index contributed by atoms with van der Waals surface area (Å²) in [5.41, 5.74) is 0.791. The molecule has 2 aromatic carbocycles. The summed E-state index contributed by atoms with van der Waals surface area (Å²) < 4.78 is 37.8. The number of piperazine rings is 1. The maximum absolute atomic E-state index is 13.0. The molecule has 0 saturated carbocycles. The number of esters is 1. The third-order valence-corrected chi connectivity index (χ3v) is 8.27. The number of ether oxygens (including phenoxy) is 2. The van der Waals surface area contributed by atoms with Gasteiger partial charge in [0.1, 0.15) is 17.4 Å². The van der Waals surface area contributed by atoms with Gasteiger partial charge in [-0.2, -0.15) is 4.31 Å². The number of carbonyl (C=O) groups excluding carboxylic acids is 3. The quantitative estimate of drug-likeness (QED) is 0.443. The Labute approximate surface area is 242 Å². The number of amides is 2. The van der Waals surface area contributed by atoms with Crippen LogP contribution in [-0.4, -0.2) is 99.0 Å². The molecule has 224 valence electrons. The Hall–Kier alpha value is -3.48. The molecule has 1 N–H and O–H groups in total. The number of nitrogens with zero attached hydrogens (tertiary/aromatic N) is 3. The zero-order valence-electron chi connectivity index (χ0n) is 24.5.